The fraction of sp³-hybridized carbons (Fsp3) is 0.902. The first-order valence-corrected chi connectivity index (χ1v) is 50.2. The predicted molar refractivity (Wildman–Crippen MR) is 392 cm³/mol. The zero-order chi connectivity index (χ0) is 103. The van der Waals surface area contributed by atoms with Gasteiger partial charge in [-0.2, -0.15) is 98.3 Å². The summed E-state index contributed by atoms with van der Waals surface area (Å²) < 4.78 is 461. The maximum Gasteiger partial charge on any atom is 0.397 e. The number of ether oxygens (including phenoxy) is 15. The third-order valence-electron chi connectivity index (χ3n) is 19.7. The molecular formula is C51H82N4O71S10. The van der Waals surface area contributed by atoms with E-state index in [0.717, 1.165) is 16.4 Å². The Hall–Kier alpha value is -4.95. The van der Waals surface area contributed by atoms with Crippen LogP contribution in [0.4, 0.5) is 0 Å². The van der Waals surface area contributed by atoms with E-state index in [0.29, 0.717) is 6.92 Å². The fourth-order valence-corrected chi connectivity index (χ4v) is 18.7. The lowest BCUT2D eigenvalue weighted by atomic mass is 9.90. The van der Waals surface area contributed by atoms with E-state index < -0.39 is 405 Å². The molecule has 792 valence electrons. The first kappa shape index (κ1) is 116. The molecule has 0 radical (unpaired) electrons. The summed E-state index contributed by atoms with van der Waals surface area (Å²) in [5.41, 5.74) is 0. The Labute approximate surface area is 760 Å². The number of hydrogen-bond acceptors (Lipinski definition) is 57. The SMILES string of the molecule is CC(=O)N[C@H]1[C@@H](O[C@H]2[C@H](O)[C@@H](O)[C@H](O[C@H]3[C@H](OS(=O)(=O)O)[C@@H](NS(=O)(=O)O)[C@@H](O[C@H]4[C@H](O)[C@@H](OS(=O)(=O)O)[C@H](O[C@H]5[C@H](O)[C@@H](NS(=O)(=O)O)[C@@H](O[C@H]6[C@H](O)[C@@H](OS(=O)(=O)O)[C@H](O[C@H]7[C@H](O)[C@@H](NS(=O)(=O)O)C(O)O[C@@H]7COS(=O)(=O)O)O[C@H]6C(=O)O)O[C@@H]5COS(=O)(=O)O)O[C@H]4C(=O)O)O[C@@H]3COS(=O)(=O)O)O[C@@H]2C(=O)O)O[C@H](COS(=O)(=O)O)[C@@H](O[C@@H]2OC(C(=O)O)[C@@H](C)[C@H](O)[C@H]2O)[C@@H]1O. The molecular weight excluding hydrogens is 2130 g/mol. The van der Waals surface area contributed by atoms with Crippen LogP contribution in [0.5, 0.6) is 0 Å². The molecule has 0 spiro atoms. The van der Waals surface area contributed by atoms with Crippen molar-refractivity contribution in [1.29, 1.82) is 0 Å². The Kier molecular flexibility index (Phi) is 38.2. The smallest absolute Gasteiger partial charge is 0.397 e. The van der Waals surface area contributed by atoms with Crippen molar-refractivity contribution in [3.05, 3.63) is 0 Å². The zero-order valence-corrected chi connectivity index (χ0v) is 74.6. The predicted octanol–water partition coefficient (Wildman–Crippen LogP) is -19.7. The molecule has 75 nitrogen and oxygen atoms in total. The summed E-state index contributed by atoms with van der Waals surface area (Å²) in [5, 5.41) is 159. The Morgan fingerprint density at radius 1 is 0.265 bits per heavy atom. The van der Waals surface area contributed by atoms with Crippen molar-refractivity contribution < 1.29 is 326 Å². The van der Waals surface area contributed by atoms with Gasteiger partial charge in [-0.1, -0.05) is 6.92 Å². The number of nitrogens with one attached hydrogen (secondary N) is 4. The molecule has 0 bridgehead atoms. The average molecular weight is 2210 g/mol. The number of rotatable bonds is 43. The summed E-state index contributed by atoms with van der Waals surface area (Å²) in [6.45, 7) is -5.85. The highest BCUT2D eigenvalue weighted by Crippen LogP contribution is 2.42. The van der Waals surface area contributed by atoms with Crippen molar-refractivity contribution >= 4 is 133 Å². The summed E-state index contributed by atoms with van der Waals surface area (Å²) >= 11 is 0. The van der Waals surface area contributed by atoms with E-state index in [2.05, 4.69) is 29.3 Å². The monoisotopic (exact) mass is 2210 g/mol. The van der Waals surface area contributed by atoms with Crippen LogP contribution in [-0.2, 0) is 228 Å². The number of carbonyl (C=O) groups excluding carboxylic acids is 1. The molecule has 8 heterocycles. The summed E-state index contributed by atoms with van der Waals surface area (Å²) in [6, 6.07) is -11.7. The van der Waals surface area contributed by atoms with Crippen molar-refractivity contribution in [1.82, 2.24) is 19.5 Å². The second kappa shape index (κ2) is 44.7. The highest BCUT2D eigenvalue weighted by molar-refractivity contribution is 7.84. The minimum absolute atomic E-state index is 0.685. The van der Waals surface area contributed by atoms with Crippen LogP contribution in [0.3, 0.4) is 0 Å². The molecule has 28 N–H and O–H groups in total. The molecule has 85 heteroatoms. The number of aliphatic hydroxyl groups excluding tert-OH is 10. The lowest BCUT2D eigenvalue weighted by molar-refractivity contribution is -0.379. The Morgan fingerprint density at radius 2 is 0.529 bits per heavy atom. The van der Waals surface area contributed by atoms with Crippen LogP contribution < -0.4 is 19.5 Å². The molecule has 1 amide bonds. The molecule has 136 heavy (non-hydrogen) atoms. The molecule has 0 aromatic heterocycles. The van der Waals surface area contributed by atoms with E-state index in [-0.39, 0.29) is 0 Å². The van der Waals surface area contributed by atoms with Crippen LogP contribution in [0.2, 0.25) is 0 Å². The largest absolute Gasteiger partial charge is 0.479 e. The number of carbonyl (C=O) groups is 5. The van der Waals surface area contributed by atoms with Crippen molar-refractivity contribution in [3.8, 4) is 0 Å². The first-order chi connectivity index (χ1) is 61.8. The molecule has 8 aliphatic heterocycles. The molecule has 8 aliphatic rings. The zero-order valence-electron chi connectivity index (χ0n) is 66.4. The van der Waals surface area contributed by atoms with Crippen molar-refractivity contribution in [2.45, 2.75) is 253 Å². The fourth-order valence-electron chi connectivity index (χ4n) is 14.2. The van der Waals surface area contributed by atoms with Gasteiger partial charge < -0.3 is 148 Å². The molecule has 0 saturated carbocycles. The number of hydrogen-bond donors (Lipinski definition) is 28. The van der Waals surface area contributed by atoms with Crippen LogP contribution in [0.1, 0.15) is 13.8 Å². The lowest BCUT2D eigenvalue weighted by Crippen LogP contribution is -2.72. The van der Waals surface area contributed by atoms with Gasteiger partial charge in [-0.3, -0.25) is 50.3 Å². The third kappa shape index (κ3) is 32.0. The first-order valence-electron chi connectivity index (χ1n) is 36.3. The van der Waals surface area contributed by atoms with Gasteiger partial charge in [0.15, 0.2) is 86.9 Å². The van der Waals surface area contributed by atoms with Crippen molar-refractivity contribution in [2.75, 3.05) is 26.4 Å². The Balaban J connectivity index is 1.15. The highest BCUT2D eigenvalue weighted by Gasteiger charge is 2.65. The van der Waals surface area contributed by atoms with E-state index >= 15 is 0 Å². The molecule has 0 aromatic rings. The van der Waals surface area contributed by atoms with Crippen LogP contribution >= 0.6 is 0 Å². The quantitative estimate of drug-likeness (QED) is 0.0252. The van der Waals surface area contributed by atoms with Gasteiger partial charge in [0.05, 0.1) is 32.5 Å². The van der Waals surface area contributed by atoms with Crippen LogP contribution in [-0.4, -0.2) is 497 Å². The summed E-state index contributed by atoms with van der Waals surface area (Å²) in [5.74, 6) is -12.3. The number of aliphatic carboxylic acids is 4. The average Bonchev–Trinajstić information content (AvgIpc) is 0.760. The van der Waals surface area contributed by atoms with E-state index in [4.69, 9.17) is 71.1 Å². The van der Waals surface area contributed by atoms with Gasteiger partial charge in [0.25, 0.3) is 0 Å². The highest BCUT2D eigenvalue weighted by atomic mass is 32.3. The Morgan fingerprint density at radius 3 is 0.875 bits per heavy atom. The number of aliphatic hydroxyl groups is 10. The van der Waals surface area contributed by atoms with E-state index in [1.807, 2.05) is 5.32 Å². The van der Waals surface area contributed by atoms with E-state index in [1.54, 1.807) is 0 Å². The minimum Gasteiger partial charge on any atom is -0.479 e. The maximum absolute atomic E-state index is 13.5. The van der Waals surface area contributed by atoms with E-state index in [1.165, 1.54) is 4.72 Å². The van der Waals surface area contributed by atoms with Gasteiger partial charge >= 0.3 is 128 Å². The number of carboxylic acid groups (broad SMARTS) is 4. The van der Waals surface area contributed by atoms with Gasteiger partial charge in [0.1, 0.15) is 146 Å². The molecule has 8 saturated heterocycles. The molecule has 0 aromatic carbocycles. The molecule has 8 rings (SSSR count). The van der Waals surface area contributed by atoms with E-state index in [9.17, 15) is 225 Å². The topological polar surface area (TPSA) is 1160 Å². The molecule has 8 fully saturated rings. The van der Waals surface area contributed by atoms with Gasteiger partial charge in [0.2, 0.25) is 5.91 Å². The Bertz CT molecular complexity index is 5430. The normalized spacial score (nSPS) is 40.2. The standard InChI is InChI=1S/C51H82N4O71S10/c1-7-17(57)22(62)48(113-26(7)40(66)67)114-28-10(4-106-131(87,88)89)110-45(14(19(28)59)52-8(2)56)118-32-21(61)23(63)49(121-37(32)41(68)69)117-30-12(6-108-133(93,94)95)112-47(16(55-129(81,82)83)31(30)124-134(96,97)98)120-34-25(65)36(126-136(102,103)104)51(123-39(34)43(72)73)116-29-11(5-107-132(90,91)92)111-46(15(20(29)60)54-128(78,79)80)119-33-24(64)35(125-135(99,100)101)50(122-38(33)42(70)71)115-27-9(3-105-130(84,85)86)109-44(74)13(18(27)58)53-127(75,76)77/h7,9-39,44-51,53-55,57-65,74H,3-6H2,1-2H3,(H,52,56)(H,66,67)(H,68,69)(H,70,71)(H,72,73)(H,75,76,77)(H,78,79,80)(H,81,82,83)(H,84,85,86)(H,87,88,89)(H,90,91,92)(H,93,94,95)(H,96,97,98)(H,99,100,101)(H,102,103,104)/t7-,9+,10+,11+,12+,13+,14+,15+,16+,17-,18+,19+,20+,21+,22+,23+,24-,25-,26?,27+,28+,29+,30+,31+,32-,33-,34-,35+,36+,37-,38+,39+,44?,45+,46+,47+,48-,49+,50+,51+/m0/s1. The van der Waals surface area contributed by atoms with Crippen LogP contribution in [0.25, 0.3) is 0 Å². The van der Waals surface area contributed by atoms with Crippen molar-refractivity contribution in [3.63, 3.8) is 0 Å². The summed E-state index contributed by atoms with van der Waals surface area (Å²) in [4.78, 5) is 64.7. The molecule has 40 atom stereocenters. The second-order valence-electron chi connectivity index (χ2n) is 29.1. The van der Waals surface area contributed by atoms with Gasteiger partial charge in [0, 0.05) is 12.8 Å². The third-order valence-corrected chi connectivity index (χ3v) is 24.5. The maximum atomic E-state index is 13.5. The molecule has 0 aliphatic carbocycles. The van der Waals surface area contributed by atoms with Crippen LogP contribution in [0, 0.1) is 5.92 Å². The molecule has 2 unspecified atom stereocenters. The summed E-state index contributed by atoms with van der Waals surface area (Å²) in [6.07, 6.45) is -106. The second-order valence-corrected chi connectivity index (χ2v) is 40.2. The van der Waals surface area contributed by atoms with Crippen LogP contribution in [0.15, 0.2) is 0 Å². The van der Waals surface area contributed by atoms with Gasteiger partial charge in [-0.15, -0.1) is 0 Å². The summed E-state index contributed by atoms with van der Waals surface area (Å²) in [7, 11) is -61.0. The number of carboxylic acids is 4. The van der Waals surface area contributed by atoms with Gasteiger partial charge in [-0.05, 0) is 0 Å². The minimum atomic E-state index is -6.56. The van der Waals surface area contributed by atoms with Crippen molar-refractivity contribution in [2.24, 2.45) is 5.92 Å². The van der Waals surface area contributed by atoms with Gasteiger partial charge in [-0.25, -0.2) is 48.5 Å². The number of amides is 1. The lowest BCUT2D eigenvalue weighted by Gasteiger charge is -2.51.